The Morgan fingerprint density at radius 2 is 1.62 bits per heavy atom. The summed E-state index contributed by atoms with van der Waals surface area (Å²) in [7, 11) is 0. The van der Waals surface area contributed by atoms with Crippen molar-refractivity contribution in [1.29, 1.82) is 0 Å². The first-order valence-electron chi connectivity index (χ1n) is 13.3. The zero-order valence-corrected chi connectivity index (χ0v) is 22.6. The van der Waals surface area contributed by atoms with E-state index in [1.165, 1.54) is 28.4 Å². The standard InChI is InChI=1S/C28H37F3N4O4/c1-18-14-19(2)27(20(3)15-18)34-12-10-33(11-13-34)26(36)17-39-23-7-4-21(5-8-23)32-22-6-9-25(35(37)38)24(16-22)28(29,30)31/h6,9,14-16,21,23,32,37-38H,4-5,7-8,10-13,17H2,1-3H3. The first kappa shape index (κ1) is 29.0. The molecule has 214 valence electrons. The third-order valence-electron chi connectivity index (χ3n) is 7.59. The van der Waals surface area contributed by atoms with Crippen molar-refractivity contribution in [2.75, 3.05) is 48.2 Å². The van der Waals surface area contributed by atoms with Crippen molar-refractivity contribution in [3.8, 4) is 0 Å². The van der Waals surface area contributed by atoms with Crippen LogP contribution in [0.4, 0.5) is 30.2 Å². The topological polar surface area (TPSA) is 88.5 Å². The molecule has 11 heteroatoms. The third-order valence-corrected chi connectivity index (χ3v) is 7.59. The van der Waals surface area contributed by atoms with Crippen molar-refractivity contribution in [2.24, 2.45) is 0 Å². The van der Waals surface area contributed by atoms with Crippen molar-refractivity contribution in [3.05, 3.63) is 52.6 Å². The molecule has 0 atom stereocenters. The zero-order chi connectivity index (χ0) is 28.3. The van der Waals surface area contributed by atoms with Gasteiger partial charge in [-0.15, -0.1) is 5.23 Å². The highest BCUT2D eigenvalue weighted by atomic mass is 19.4. The summed E-state index contributed by atoms with van der Waals surface area (Å²) in [4.78, 5) is 17.0. The van der Waals surface area contributed by atoms with Crippen molar-refractivity contribution < 1.29 is 33.1 Å². The van der Waals surface area contributed by atoms with E-state index in [4.69, 9.17) is 15.2 Å². The van der Waals surface area contributed by atoms with Gasteiger partial charge in [-0.3, -0.25) is 15.2 Å². The number of benzene rings is 2. The normalized spacial score (nSPS) is 20.2. The first-order chi connectivity index (χ1) is 18.4. The molecule has 1 aliphatic carbocycles. The summed E-state index contributed by atoms with van der Waals surface area (Å²) in [6.45, 7) is 9.23. The summed E-state index contributed by atoms with van der Waals surface area (Å²) in [6, 6.07) is 7.59. The van der Waals surface area contributed by atoms with E-state index < -0.39 is 22.7 Å². The Balaban J connectivity index is 1.21. The van der Waals surface area contributed by atoms with Crippen LogP contribution >= 0.6 is 0 Å². The Hall–Kier alpha value is -3.02. The number of halogens is 3. The average Bonchev–Trinajstić information content (AvgIpc) is 2.87. The number of rotatable bonds is 7. The number of anilines is 3. The number of aryl methyl sites for hydroxylation is 3. The number of hydrogen-bond donors (Lipinski definition) is 3. The second-order valence-electron chi connectivity index (χ2n) is 10.6. The summed E-state index contributed by atoms with van der Waals surface area (Å²) in [5, 5.41) is 20.8. The molecule has 4 rings (SSSR count). The SMILES string of the molecule is Cc1cc(C)c(N2CCN(C(=O)COC3CCC(Nc4ccc(N(O)O)c(C(F)(F)F)c4)CC3)CC2)c(C)c1. The number of ether oxygens (including phenoxy) is 1. The fourth-order valence-corrected chi connectivity index (χ4v) is 5.77. The molecule has 8 nitrogen and oxygen atoms in total. The molecule has 2 aromatic carbocycles. The lowest BCUT2D eigenvalue weighted by atomic mass is 9.92. The van der Waals surface area contributed by atoms with Gasteiger partial charge >= 0.3 is 6.18 Å². The van der Waals surface area contributed by atoms with Crippen LogP contribution in [0.15, 0.2) is 30.3 Å². The molecule has 0 radical (unpaired) electrons. The van der Waals surface area contributed by atoms with Crippen molar-refractivity contribution in [2.45, 2.75) is 64.8 Å². The molecule has 1 aliphatic heterocycles. The number of nitrogens with one attached hydrogen (secondary N) is 1. The molecule has 2 aromatic rings. The maximum atomic E-state index is 13.3. The van der Waals surface area contributed by atoms with Gasteiger partial charge in [-0.1, -0.05) is 17.7 Å². The van der Waals surface area contributed by atoms with Gasteiger partial charge in [0, 0.05) is 43.6 Å². The van der Waals surface area contributed by atoms with Gasteiger partial charge in [0.15, 0.2) is 0 Å². The molecule has 0 spiro atoms. The van der Waals surface area contributed by atoms with E-state index in [0.717, 1.165) is 25.2 Å². The van der Waals surface area contributed by atoms with Gasteiger partial charge in [0.1, 0.15) is 12.3 Å². The summed E-state index contributed by atoms with van der Waals surface area (Å²) in [6.07, 6.45) is -2.06. The van der Waals surface area contributed by atoms with Gasteiger partial charge in [0.25, 0.3) is 0 Å². The van der Waals surface area contributed by atoms with E-state index >= 15 is 0 Å². The smallest absolute Gasteiger partial charge is 0.382 e. The van der Waals surface area contributed by atoms with Gasteiger partial charge in [0.05, 0.1) is 11.7 Å². The van der Waals surface area contributed by atoms with Gasteiger partial charge in [0.2, 0.25) is 5.91 Å². The highest BCUT2D eigenvalue weighted by Crippen LogP contribution is 2.38. The van der Waals surface area contributed by atoms with Crippen molar-refractivity contribution >= 4 is 23.0 Å². The largest absolute Gasteiger partial charge is 0.418 e. The van der Waals surface area contributed by atoms with Crippen molar-refractivity contribution in [1.82, 2.24) is 4.90 Å². The minimum Gasteiger partial charge on any atom is -0.382 e. The third kappa shape index (κ3) is 7.14. The highest BCUT2D eigenvalue weighted by molar-refractivity contribution is 5.78. The molecule has 2 fully saturated rings. The molecule has 1 saturated heterocycles. The number of nitrogens with zero attached hydrogens (tertiary/aromatic N) is 3. The van der Waals surface area contributed by atoms with E-state index in [9.17, 15) is 18.0 Å². The Kier molecular flexibility index (Phi) is 8.93. The van der Waals surface area contributed by atoms with E-state index in [-0.39, 0.29) is 30.3 Å². The molecule has 1 heterocycles. The minimum absolute atomic E-state index is 0.0196. The lowest BCUT2D eigenvalue weighted by Gasteiger charge is -2.38. The Labute approximate surface area is 226 Å². The number of amides is 1. The molecule has 0 aromatic heterocycles. The fraction of sp³-hybridized carbons (Fsp3) is 0.536. The molecular formula is C28H37F3N4O4. The molecule has 0 unspecified atom stereocenters. The van der Waals surface area contributed by atoms with Crippen LogP contribution in [-0.4, -0.2) is 66.2 Å². The summed E-state index contributed by atoms with van der Waals surface area (Å²) < 4.78 is 45.9. The highest BCUT2D eigenvalue weighted by Gasteiger charge is 2.35. The second-order valence-corrected chi connectivity index (χ2v) is 10.6. The molecule has 1 amide bonds. The van der Waals surface area contributed by atoms with Gasteiger partial charge in [-0.25, -0.2) is 0 Å². The van der Waals surface area contributed by atoms with E-state index in [2.05, 4.69) is 43.1 Å². The second kappa shape index (κ2) is 12.0. The maximum Gasteiger partial charge on any atom is 0.418 e. The van der Waals surface area contributed by atoms with Crippen LogP contribution in [0.3, 0.4) is 0 Å². The van der Waals surface area contributed by atoms with E-state index in [1.54, 1.807) is 0 Å². The first-order valence-corrected chi connectivity index (χ1v) is 13.3. The van der Waals surface area contributed by atoms with Gasteiger partial charge in [-0.05, 0) is 75.8 Å². The monoisotopic (exact) mass is 550 g/mol. The van der Waals surface area contributed by atoms with Crippen LogP contribution in [0, 0.1) is 20.8 Å². The maximum absolute atomic E-state index is 13.3. The minimum atomic E-state index is -4.74. The molecule has 0 bridgehead atoms. The van der Waals surface area contributed by atoms with Crippen LogP contribution < -0.4 is 15.4 Å². The van der Waals surface area contributed by atoms with Crippen LogP contribution in [-0.2, 0) is 15.7 Å². The van der Waals surface area contributed by atoms with Crippen LogP contribution in [0.5, 0.6) is 0 Å². The molecular weight excluding hydrogens is 513 g/mol. The van der Waals surface area contributed by atoms with Crippen LogP contribution in [0.2, 0.25) is 0 Å². The molecule has 1 saturated carbocycles. The number of carbonyl (C=O) groups is 1. The Morgan fingerprint density at radius 3 is 2.18 bits per heavy atom. The van der Waals surface area contributed by atoms with E-state index in [1.807, 2.05) is 4.90 Å². The number of hydrogen-bond acceptors (Lipinski definition) is 7. The zero-order valence-electron chi connectivity index (χ0n) is 22.6. The van der Waals surface area contributed by atoms with Crippen LogP contribution in [0.25, 0.3) is 0 Å². The molecule has 2 aliphatic rings. The number of piperazine rings is 1. The lowest BCUT2D eigenvalue weighted by Crippen LogP contribution is -2.50. The number of alkyl halides is 3. The summed E-state index contributed by atoms with van der Waals surface area (Å²) in [5.74, 6) is -0.0196. The van der Waals surface area contributed by atoms with Crippen molar-refractivity contribution in [3.63, 3.8) is 0 Å². The molecule has 3 N–H and O–H groups in total. The van der Waals surface area contributed by atoms with Gasteiger partial charge < -0.3 is 19.9 Å². The lowest BCUT2D eigenvalue weighted by molar-refractivity contribution is -0.139. The fourth-order valence-electron chi connectivity index (χ4n) is 5.77. The Morgan fingerprint density at radius 1 is 1.00 bits per heavy atom. The molecule has 39 heavy (non-hydrogen) atoms. The Bertz CT molecular complexity index is 1130. The quantitative estimate of drug-likeness (QED) is 0.403. The summed E-state index contributed by atoms with van der Waals surface area (Å²) >= 11 is 0. The average molecular weight is 551 g/mol. The number of carbonyl (C=O) groups excluding carboxylic acids is 1. The predicted octanol–water partition coefficient (Wildman–Crippen LogP) is 5.30. The van der Waals surface area contributed by atoms with Gasteiger partial charge in [-0.2, -0.15) is 13.2 Å². The predicted molar refractivity (Wildman–Crippen MR) is 143 cm³/mol. The van der Waals surface area contributed by atoms with Crippen LogP contribution in [0.1, 0.15) is 47.9 Å². The summed E-state index contributed by atoms with van der Waals surface area (Å²) in [5.41, 5.74) is 3.37. The van der Waals surface area contributed by atoms with E-state index in [0.29, 0.717) is 38.8 Å².